The summed E-state index contributed by atoms with van der Waals surface area (Å²) in [5.74, 6) is -1.28. The fraction of sp³-hybridized carbons (Fsp3) is 0.769. The van der Waals surface area contributed by atoms with E-state index in [1.54, 1.807) is 19.0 Å². The molecule has 0 rings (SSSR count). The molecule has 0 aromatic rings. The highest BCUT2D eigenvalue weighted by Gasteiger charge is 2.27. The van der Waals surface area contributed by atoms with Gasteiger partial charge in [-0.2, -0.15) is 0 Å². The number of nitrogens with one attached hydrogen (secondary N) is 2. The van der Waals surface area contributed by atoms with Gasteiger partial charge >= 0.3 is 0 Å². The molecule has 0 aliphatic rings. The second-order valence-electron chi connectivity index (χ2n) is 5.30. The van der Waals surface area contributed by atoms with Crippen LogP contribution in [-0.4, -0.2) is 55.3 Å². The number of nitrogens with zero attached hydrogens (tertiary/aromatic N) is 1. The van der Waals surface area contributed by atoms with Crippen LogP contribution in [0.1, 0.15) is 27.2 Å². The maximum atomic E-state index is 12.1. The molecule has 0 aromatic carbocycles. The van der Waals surface area contributed by atoms with Crippen LogP contribution in [-0.2, 0) is 14.4 Å². The Hall–Kier alpha value is -1.63. The molecule has 2 unspecified atom stereocenters. The van der Waals surface area contributed by atoms with Gasteiger partial charge in [-0.25, -0.2) is 0 Å². The number of hydrogen-bond donors (Lipinski definition) is 3. The van der Waals surface area contributed by atoms with Crippen molar-refractivity contribution in [3.63, 3.8) is 0 Å². The third-order valence-electron chi connectivity index (χ3n) is 3.06. The summed E-state index contributed by atoms with van der Waals surface area (Å²) in [6.07, 6.45) is 0.727. The van der Waals surface area contributed by atoms with Crippen molar-refractivity contribution in [2.24, 2.45) is 11.7 Å². The summed E-state index contributed by atoms with van der Waals surface area (Å²) < 4.78 is 0. The number of carbonyl (C=O) groups is 3. The van der Waals surface area contributed by atoms with Crippen molar-refractivity contribution in [1.29, 1.82) is 0 Å². The van der Waals surface area contributed by atoms with Crippen LogP contribution in [0.5, 0.6) is 0 Å². The van der Waals surface area contributed by atoms with E-state index < -0.39 is 23.9 Å². The van der Waals surface area contributed by atoms with Gasteiger partial charge in [-0.05, 0) is 26.9 Å². The van der Waals surface area contributed by atoms with Crippen LogP contribution in [0.25, 0.3) is 0 Å². The zero-order valence-electron chi connectivity index (χ0n) is 12.9. The second kappa shape index (κ2) is 8.52. The molecule has 0 aromatic heterocycles. The standard InChI is InChI=1S/C13H26N4O3/c1-6-8(2)11(16-10(18)7-17(4)5)13(20)15-9(3)12(14)19/h8-9,11H,6-7H2,1-5H3,(H2,14,19)(H,15,20)(H,16,18)/t8?,9-,11?/m1/s1. The van der Waals surface area contributed by atoms with Crippen LogP contribution in [0.15, 0.2) is 0 Å². The van der Waals surface area contributed by atoms with Gasteiger partial charge in [0.2, 0.25) is 17.7 Å². The highest BCUT2D eigenvalue weighted by molar-refractivity contribution is 5.91. The normalized spacial score (nSPS) is 15.3. The van der Waals surface area contributed by atoms with Gasteiger partial charge in [0.15, 0.2) is 0 Å². The first-order valence-electron chi connectivity index (χ1n) is 6.72. The minimum atomic E-state index is -0.764. The first-order chi connectivity index (χ1) is 9.18. The first-order valence-corrected chi connectivity index (χ1v) is 6.72. The molecule has 7 heteroatoms. The first kappa shape index (κ1) is 18.4. The van der Waals surface area contributed by atoms with Gasteiger partial charge in [0.05, 0.1) is 6.54 Å². The minimum absolute atomic E-state index is 0.0406. The van der Waals surface area contributed by atoms with E-state index in [0.29, 0.717) is 0 Å². The number of likely N-dealkylation sites (N-methyl/N-ethyl adjacent to an activating group) is 1. The molecule has 3 amide bonds. The fourth-order valence-electron chi connectivity index (χ4n) is 1.58. The van der Waals surface area contributed by atoms with Crippen molar-refractivity contribution < 1.29 is 14.4 Å². The Morgan fingerprint density at radius 1 is 1.15 bits per heavy atom. The van der Waals surface area contributed by atoms with Gasteiger partial charge in [0, 0.05) is 0 Å². The topological polar surface area (TPSA) is 105 Å². The molecule has 3 atom stereocenters. The van der Waals surface area contributed by atoms with E-state index in [1.165, 1.54) is 6.92 Å². The van der Waals surface area contributed by atoms with Gasteiger partial charge in [-0.15, -0.1) is 0 Å². The predicted octanol–water partition coefficient (Wildman–Crippen LogP) is -0.931. The van der Waals surface area contributed by atoms with Crippen molar-refractivity contribution in [1.82, 2.24) is 15.5 Å². The molecule has 0 spiro atoms. The van der Waals surface area contributed by atoms with Crippen molar-refractivity contribution in [3.8, 4) is 0 Å². The van der Waals surface area contributed by atoms with E-state index in [2.05, 4.69) is 10.6 Å². The Morgan fingerprint density at radius 2 is 1.70 bits per heavy atom. The molecule has 116 valence electrons. The third-order valence-corrected chi connectivity index (χ3v) is 3.06. The lowest BCUT2D eigenvalue weighted by molar-refractivity contribution is -0.132. The lowest BCUT2D eigenvalue weighted by Crippen LogP contribution is -2.55. The van der Waals surface area contributed by atoms with E-state index in [4.69, 9.17) is 5.73 Å². The number of carbonyl (C=O) groups excluding carboxylic acids is 3. The van der Waals surface area contributed by atoms with E-state index in [0.717, 1.165) is 6.42 Å². The molecule has 0 aliphatic heterocycles. The fourth-order valence-corrected chi connectivity index (χ4v) is 1.58. The Morgan fingerprint density at radius 3 is 2.10 bits per heavy atom. The summed E-state index contributed by atoms with van der Waals surface area (Å²) >= 11 is 0. The second-order valence-corrected chi connectivity index (χ2v) is 5.30. The van der Waals surface area contributed by atoms with Crippen molar-refractivity contribution in [2.75, 3.05) is 20.6 Å². The Bertz CT molecular complexity index is 358. The Kier molecular flexibility index (Phi) is 7.83. The number of primary amides is 1. The van der Waals surface area contributed by atoms with Gasteiger partial charge < -0.3 is 21.3 Å². The van der Waals surface area contributed by atoms with E-state index in [-0.39, 0.29) is 18.4 Å². The third kappa shape index (κ3) is 6.51. The largest absolute Gasteiger partial charge is 0.368 e. The summed E-state index contributed by atoms with van der Waals surface area (Å²) in [5.41, 5.74) is 5.11. The lowest BCUT2D eigenvalue weighted by Gasteiger charge is -2.25. The molecular formula is C13H26N4O3. The molecule has 0 radical (unpaired) electrons. The smallest absolute Gasteiger partial charge is 0.243 e. The number of rotatable bonds is 8. The van der Waals surface area contributed by atoms with Gasteiger partial charge in [-0.3, -0.25) is 14.4 Å². The molecular weight excluding hydrogens is 260 g/mol. The zero-order chi connectivity index (χ0) is 15.9. The average Bonchev–Trinajstić information content (AvgIpc) is 2.33. The van der Waals surface area contributed by atoms with Gasteiger partial charge in [0.1, 0.15) is 12.1 Å². The van der Waals surface area contributed by atoms with Crippen LogP contribution in [0.4, 0.5) is 0 Å². The molecule has 0 saturated carbocycles. The molecule has 0 bridgehead atoms. The molecule has 0 fully saturated rings. The van der Waals surface area contributed by atoms with E-state index in [9.17, 15) is 14.4 Å². The summed E-state index contributed by atoms with van der Waals surface area (Å²) in [4.78, 5) is 36.6. The van der Waals surface area contributed by atoms with E-state index in [1.807, 2.05) is 13.8 Å². The highest BCUT2D eigenvalue weighted by atomic mass is 16.2. The lowest BCUT2D eigenvalue weighted by atomic mass is 9.98. The summed E-state index contributed by atoms with van der Waals surface area (Å²) in [6.45, 7) is 5.51. The Labute approximate surface area is 120 Å². The summed E-state index contributed by atoms with van der Waals surface area (Å²) in [7, 11) is 3.54. The number of amides is 3. The average molecular weight is 286 g/mol. The molecule has 4 N–H and O–H groups in total. The number of hydrogen-bond acceptors (Lipinski definition) is 4. The summed E-state index contributed by atoms with van der Waals surface area (Å²) in [6, 6.07) is -1.44. The quantitative estimate of drug-likeness (QED) is 0.536. The highest BCUT2D eigenvalue weighted by Crippen LogP contribution is 2.08. The maximum Gasteiger partial charge on any atom is 0.243 e. The van der Waals surface area contributed by atoms with Crippen molar-refractivity contribution in [3.05, 3.63) is 0 Å². The van der Waals surface area contributed by atoms with Crippen LogP contribution in [0.3, 0.4) is 0 Å². The monoisotopic (exact) mass is 286 g/mol. The van der Waals surface area contributed by atoms with Crippen LogP contribution >= 0.6 is 0 Å². The molecule has 7 nitrogen and oxygen atoms in total. The van der Waals surface area contributed by atoms with Crippen LogP contribution < -0.4 is 16.4 Å². The maximum absolute atomic E-state index is 12.1. The summed E-state index contributed by atoms with van der Waals surface area (Å²) in [5, 5.41) is 5.21. The van der Waals surface area contributed by atoms with Crippen molar-refractivity contribution >= 4 is 17.7 Å². The van der Waals surface area contributed by atoms with Gasteiger partial charge in [-0.1, -0.05) is 20.3 Å². The Balaban J connectivity index is 4.75. The molecule has 0 aliphatic carbocycles. The predicted molar refractivity (Wildman–Crippen MR) is 76.7 cm³/mol. The molecule has 0 saturated heterocycles. The van der Waals surface area contributed by atoms with Crippen LogP contribution in [0, 0.1) is 5.92 Å². The molecule has 0 heterocycles. The van der Waals surface area contributed by atoms with Crippen molar-refractivity contribution in [2.45, 2.75) is 39.3 Å². The van der Waals surface area contributed by atoms with Gasteiger partial charge in [0.25, 0.3) is 0 Å². The number of nitrogens with two attached hydrogens (primary N) is 1. The van der Waals surface area contributed by atoms with E-state index >= 15 is 0 Å². The zero-order valence-corrected chi connectivity index (χ0v) is 12.9. The molecule has 20 heavy (non-hydrogen) atoms. The SMILES string of the molecule is CCC(C)C(NC(=O)CN(C)C)C(=O)N[C@H](C)C(N)=O. The van der Waals surface area contributed by atoms with Crippen LogP contribution in [0.2, 0.25) is 0 Å². The minimum Gasteiger partial charge on any atom is -0.368 e.